The van der Waals surface area contributed by atoms with Crippen molar-refractivity contribution in [3.63, 3.8) is 0 Å². The van der Waals surface area contributed by atoms with Crippen LogP contribution in [-0.4, -0.2) is 5.97 Å². The van der Waals surface area contributed by atoms with Gasteiger partial charge in [0.2, 0.25) is 0 Å². The molecular weight excluding hydrogens is 581 g/mol. The number of esters is 1. The number of hydrogen-bond donors (Lipinski definition) is 0. The van der Waals surface area contributed by atoms with E-state index in [-0.39, 0.29) is 5.97 Å². The minimum atomic E-state index is -0.313. The van der Waals surface area contributed by atoms with Crippen LogP contribution in [0.4, 0.5) is 0 Å². The Labute approximate surface area is 152 Å². The Balaban J connectivity index is 2.30. The second kappa shape index (κ2) is 6.70. The first-order valence-electron chi connectivity index (χ1n) is 5.41. The third-order valence-electron chi connectivity index (χ3n) is 2.41. The van der Waals surface area contributed by atoms with Gasteiger partial charge in [0.1, 0.15) is 5.75 Å². The number of halogens is 3. The third kappa shape index (κ3) is 4.03. The molecule has 98 valence electrons. The molecule has 0 saturated carbocycles. The summed E-state index contributed by atoms with van der Waals surface area (Å²) in [5, 5.41) is 0. The molecule has 2 aromatic rings. The summed E-state index contributed by atoms with van der Waals surface area (Å²) in [6, 6.07) is 11.4. The Morgan fingerprint density at radius 1 is 1.11 bits per heavy atom. The van der Waals surface area contributed by atoms with Crippen molar-refractivity contribution in [3.05, 3.63) is 58.2 Å². The maximum absolute atomic E-state index is 12.2. The average molecular weight is 590 g/mol. The monoisotopic (exact) mass is 590 g/mol. The predicted octanol–water partition coefficient (Wildman–Crippen LogP) is 5.03. The lowest BCUT2D eigenvalue weighted by atomic mass is 10.2. The molecule has 0 unspecified atom stereocenters. The number of carbonyl (C=O) groups excluding carboxylic acids is 1. The highest BCUT2D eigenvalue weighted by Gasteiger charge is 2.15. The highest BCUT2D eigenvalue weighted by Crippen LogP contribution is 2.24. The van der Waals surface area contributed by atoms with Gasteiger partial charge in [-0.25, -0.2) is 4.79 Å². The molecule has 2 aromatic carbocycles. The molecule has 2 nitrogen and oxygen atoms in total. The van der Waals surface area contributed by atoms with Crippen LogP contribution in [-0.2, 0) is 0 Å². The van der Waals surface area contributed by atoms with E-state index in [4.69, 9.17) is 4.74 Å². The molecule has 0 radical (unpaired) electrons. The smallest absolute Gasteiger partial charge is 0.344 e. The van der Waals surface area contributed by atoms with Crippen molar-refractivity contribution < 1.29 is 9.53 Å². The molecule has 0 spiro atoms. The molecule has 0 saturated heterocycles. The van der Waals surface area contributed by atoms with Gasteiger partial charge < -0.3 is 4.74 Å². The fraction of sp³-hybridized carbons (Fsp3) is 0.0714. The SMILES string of the molecule is Cc1cccc(OC(=O)c2cc(I)cc(I)c2I)c1. The van der Waals surface area contributed by atoms with Gasteiger partial charge >= 0.3 is 5.97 Å². The molecule has 0 aliphatic rings. The molecule has 0 aliphatic carbocycles. The van der Waals surface area contributed by atoms with Crippen LogP contribution in [0.25, 0.3) is 0 Å². The number of ether oxygens (including phenoxy) is 1. The van der Waals surface area contributed by atoms with Crippen molar-refractivity contribution in [3.8, 4) is 5.75 Å². The summed E-state index contributed by atoms with van der Waals surface area (Å²) in [7, 11) is 0. The van der Waals surface area contributed by atoms with Crippen molar-refractivity contribution >= 4 is 73.7 Å². The molecular formula is C14H9I3O2. The standard InChI is InChI=1S/C14H9I3O2/c1-8-3-2-4-10(5-8)19-14(18)11-6-9(15)7-12(16)13(11)17/h2-7H,1H3. The van der Waals surface area contributed by atoms with Crippen molar-refractivity contribution in [2.45, 2.75) is 6.92 Å². The van der Waals surface area contributed by atoms with Gasteiger partial charge in [-0.05, 0) is 105 Å². The summed E-state index contributed by atoms with van der Waals surface area (Å²) >= 11 is 6.60. The van der Waals surface area contributed by atoms with Gasteiger partial charge in [0.25, 0.3) is 0 Å². The molecule has 2 rings (SSSR count). The van der Waals surface area contributed by atoms with Gasteiger partial charge in [-0.2, -0.15) is 0 Å². The van der Waals surface area contributed by atoms with E-state index in [9.17, 15) is 4.79 Å². The van der Waals surface area contributed by atoms with E-state index in [1.165, 1.54) is 0 Å². The average Bonchev–Trinajstić information content (AvgIpc) is 2.33. The van der Waals surface area contributed by atoms with Gasteiger partial charge in [0.15, 0.2) is 0 Å². The molecule has 0 aromatic heterocycles. The van der Waals surface area contributed by atoms with E-state index >= 15 is 0 Å². The first kappa shape index (κ1) is 15.5. The lowest BCUT2D eigenvalue weighted by Gasteiger charge is -2.08. The lowest BCUT2D eigenvalue weighted by Crippen LogP contribution is -2.11. The van der Waals surface area contributed by atoms with Crippen molar-refractivity contribution in [2.75, 3.05) is 0 Å². The minimum Gasteiger partial charge on any atom is -0.423 e. The summed E-state index contributed by atoms with van der Waals surface area (Å²) in [4.78, 5) is 12.2. The van der Waals surface area contributed by atoms with Crippen LogP contribution in [0, 0.1) is 17.6 Å². The van der Waals surface area contributed by atoms with Gasteiger partial charge in [-0.1, -0.05) is 12.1 Å². The molecule has 0 N–H and O–H groups in total. The molecule has 0 amide bonds. The topological polar surface area (TPSA) is 26.3 Å². The zero-order valence-corrected chi connectivity index (χ0v) is 16.4. The second-order valence-corrected chi connectivity index (χ2v) is 7.44. The van der Waals surface area contributed by atoms with E-state index in [0.29, 0.717) is 11.3 Å². The van der Waals surface area contributed by atoms with Crippen LogP contribution < -0.4 is 4.74 Å². The Kier molecular flexibility index (Phi) is 5.46. The van der Waals surface area contributed by atoms with Crippen LogP contribution in [0.15, 0.2) is 36.4 Å². The quantitative estimate of drug-likeness (QED) is 0.213. The second-order valence-electron chi connectivity index (χ2n) is 3.96. The highest BCUT2D eigenvalue weighted by molar-refractivity contribution is 14.1. The predicted molar refractivity (Wildman–Crippen MR) is 101 cm³/mol. The van der Waals surface area contributed by atoms with E-state index in [1.807, 2.05) is 37.3 Å². The maximum atomic E-state index is 12.2. The Hall–Kier alpha value is 0.100. The van der Waals surface area contributed by atoms with E-state index in [0.717, 1.165) is 16.3 Å². The molecule has 0 bridgehead atoms. The number of aryl methyl sites for hydroxylation is 1. The third-order valence-corrected chi connectivity index (χ3v) is 6.08. The molecule has 5 heteroatoms. The van der Waals surface area contributed by atoms with Crippen molar-refractivity contribution in [1.82, 2.24) is 0 Å². The summed E-state index contributed by atoms with van der Waals surface area (Å²) in [6.07, 6.45) is 0. The Morgan fingerprint density at radius 3 is 2.53 bits per heavy atom. The number of rotatable bonds is 2. The largest absolute Gasteiger partial charge is 0.423 e. The summed E-state index contributed by atoms with van der Waals surface area (Å²) in [6.45, 7) is 1.97. The minimum absolute atomic E-state index is 0.313. The fourth-order valence-electron chi connectivity index (χ4n) is 1.55. The molecule has 0 fully saturated rings. The summed E-state index contributed by atoms with van der Waals surface area (Å²) in [5.74, 6) is 0.265. The lowest BCUT2D eigenvalue weighted by molar-refractivity contribution is 0.0733. The first-order chi connectivity index (χ1) is 8.97. The molecule has 0 atom stereocenters. The number of hydrogen-bond acceptors (Lipinski definition) is 2. The summed E-state index contributed by atoms with van der Waals surface area (Å²) in [5.41, 5.74) is 1.68. The van der Waals surface area contributed by atoms with Crippen LogP contribution in [0.5, 0.6) is 5.75 Å². The van der Waals surface area contributed by atoms with Gasteiger partial charge in [0.05, 0.1) is 5.56 Å². The number of carbonyl (C=O) groups is 1. The maximum Gasteiger partial charge on any atom is 0.344 e. The molecule has 0 heterocycles. The fourth-order valence-corrected chi connectivity index (χ4v) is 3.92. The van der Waals surface area contributed by atoms with Crippen LogP contribution in [0.3, 0.4) is 0 Å². The Morgan fingerprint density at radius 2 is 1.84 bits per heavy atom. The van der Waals surface area contributed by atoms with Crippen molar-refractivity contribution in [2.24, 2.45) is 0 Å². The van der Waals surface area contributed by atoms with Gasteiger partial charge in [-0.3, -0.25) is 0 Å². The normalized spacial score (nSPS) is 10.3. The van der Waals surface area contributed by atoms with Crippen molar-refractivity contribution in [1.29, 1.82) is 0 Å². The first-order valence-corrected chi connectivity index (χ1v) is 8.64. The zero-order chi connectivity index (χ0) is 14.0. The van der Waals surface area contributed by atoms with Gasteiger partial charge in [0, 0.05) is 10.7 Å². The van der Waals surface area contributed by atoms with Crippen LogP contribution in [0.1, 0.15) is 15.9 Å². The molecule has 0 aliphatic heterocycles. The van der Waals surface area contributed by atoms with E-state index in [1.54, 1.807) is 6.07 Å². The van der Waals surface area contributed by atoms with E-state index < -0.39 is 0 Å². The van der Waals surface area contributed by atoms with Gasteiger partial charge in [-0.15, -0.1) is 0 Å². The highest BCUT2D eigenvalue weighted by atomic mass is 127. The van der Waals surface area contributed by atoms with Crippen LogP contribution >= 0.6 is 67.8 Å². The van der Waals surface area contributed by atoms with E-state index in [2.05, 4.69) is 67.8 Å². The van der Waals surface area contributed by atoms with Crippen LogP contribution in [0.2, 0.25) is 0 Å². The zero-order valence-electron chi connectivity index (χ0n) is 9.91. The number of benzene rings is 2. The molecule has 19 heavy (non-hydrogen) atoms. The summed E-state index contributed by atoms with van der Waals surface area (Å²) < 4.78 is 8.43. The Bertz CT molecular complexity index is 639.